The van der Waals surface area contributed by atoms with Crippen molar-refractivity contribution < 1.29 is 13.2 Å². The van der Waals surface area contributed by atoms with Crippen LogP contribution in [0.5, 0.6) is 5.75 Å². The molecule has 0 aliphatic carbocycles. The standard InChI is InChI=1S/C15H17NO3S2/c1-2-3-9-19-14-7-4-6-13(11-14)12-16-21(17,18)15-8-5-10-20-15/h4-8,10-12H,2-3,9H2,1H3/b16-12-. The second kappa shape index (κ2) is 7.38. The summed E-state index contributed by atoms with van der Waals surface area (Å²) in [6.45, 7) is 2.76. The van der Waals surface area contributed by atoms with Gasteiger partial charge in [0, 0.05) is 6.21 Å². The molecular weight excluding hydrogens is 306 g/mol. The normalized spacial score (nSPS) is 11.9. The molecule has 1 aromatic carbocycles. The molecule has 0 bridgehead atoms. The highest BCUT2D eigenvalue weighted by Gasteiger charge is 2.12. The minimum absolute atomic E-state index is 0.245. The zero-order valence-corrected chi connectivity index (χ0v) is 13.4. The summed E-state index contributed by atoms with van der Waals surface area (Å²) in [4.78, 5) is 0. The Kier molecular flexibility index (Phi) is 5.52. The Morgan fingerprint density at radius 1 is 1.29 bits per heavy atom. The lowest BCUT2D eigenvalue weighted by atomic mass is 10.2. The maximum Gasteiger partial charge on any atom is 0.291 e. The molecule has 0 aliphatic heterocycles. The topological polar surface area (TPSA) is 55.7 Å². The van der Waals surface area contributed by atoms with Crippen molar-refractivity contribution in [3.8, 4) is 5.75 Å². The number of rotatable bonds is 7. The van der Waals surface area contributed by atoms with E-state index in [0.29, 0.717) is 12.2 Å². The van der Waals surface area contributed by atoms with Crippen LogP contribution in [-0.4, -0.2) is 21.2 Å². The molecule has 2 aromatic rings. The number of sulfonamides is 1. The van der Waals surface area contributed by atoms with Gasteiger partial charge in [-0.15, -0.1) is 11.3 Å². The average molecular weight is 323 g/mol. The van der Waals surface area contributed by atoms with E-state index in [9.17, 15) is 8.42 Å². The van der Waals surface area contributed by atoms with Crippen LogP contribution in [0.15, 0.2) is 50.4 Å². The predicted molar refractivity (Wildman–Crippen MR) is 85.9 cm³/mol. The molecule has 0 unspecified atom stereocenters. The smallest absolute Gasteiger partial charge is 0.291 e. The van der Waals surface area contributed by atoms with E-state index in [0.717, 1.165) is 29.9 Å². The molecule has 0 N–H and O–H groups in total. The van der Waals surface area contributed by atoms with Crippen molar-refractivity contribution in [1.82, 2.24) is 0 Å². The Labute approximate surface area is 129 Å². The number of ether oxygens (including phenoxy) is 1. The SMILES string of the molecule is CCCCOc1cccc(/C=N\S(=O)(=O)c2cccs2)c1. The fourth-order valence-electron chi connectivity index (χ4n) is 1.61. The van der Waals surface area contributed by atoms with Gasteiger partial charge in [-0.05, 0) is 35.6 Å². The summed E-state index contributed by atoms with van der Waals surface area (Å²) in [7, 11) is -3.60. The Hall–Kier alpha value is -1.66. The lowest BCUT2D eigenvalue weighted by Gasteiger charge is -2.05. The lowest BCUT2D eigenvalue weighted by molar-refractivity contribution is 0.309. The predicted octanol–water partition coefficient (Wildman–Crippen LogP) is 3.73. The largest absolute Gasteiger partial charge is 0.494 e. The van der Waals surface area contributed by atoms with E-state index in [2.05, 4.69) is 11.3 Å². The fraction of sp³-hybridized carbons (Fsp3) is 0.267. The third kappa shape index (κ3) is 4.68. The van der Waals surface area contributed by atoms with Gasteiger partial charge in [0.15, 0.2) is 0 Å². The zero-order chi connectivity index (χ0) is 15.1. The van der Waals surface area contributed by atoms with E-state index in [4.69, 9.17) is 4.74 Å². The first kappa shape index (κ1) is 15.7. The van der Waals surface area contributed by atoms with Crippen molar-refractivity contribution in [2.45, 2.75) is 24.0 Å². The van der Waals surface area contributed by atoms with Crippen molar-refractivity contribution >= 4 is 27.6 Å². The van der Waals surface area contributed by atoms with Gasteiger partial charge in [0.25, 0.3) is 10.0 Å². The van der Waals surface area contributed by atoms with Gasteiger partial charge in [0.1, 0.15) is 9.96 Å². The summed E-state index contributed by atoms with van der Waals surface area (Å²) in [5.74, 6) is 0.723. The van der Waals surface area contributed by atoms with Gasteiger partial charge >= 0.3 is 0 Å². The van der Waals surface area contributed by atoms with E-state index in [1.54, 1.807) is 29.6 Å². The van der Waals surface area contributed by atoms with Crippen molar-refractivity contribution in [2.24, 2.45) is 4.40 Å². The van der Waals surface area contributed by atoms with Crippen LogP contribution in [0, 0.1) is 0 Å². The van der Waals surface area contributed by atoms with Crippen LogP contribution in [0.4, 0.5) is 0 Å². The Morgan fingerprint density at radius 3 is 2.86 bits per heavy atom. The van der Waals surface area contributed by atoms with Crippen molar-refractivity contribution in [3.63, 3.8) is 0 Å². The maximum atomic E-state index is 11.9. The van der Waals surface area contributed by atoms with Crippen LogP contribution in [0.1, 0.15) is 25.3 Å². The Balaban J connectivity index is 2.09. The molecule has 0 fully saturated rings. The minimum atomic E-state index is -3.60. The molecule has 0 aliphatic rings. The number of hydrogen-bond donors (Lipinski definition) is 0. The van der Waals surface area contributed by atoms with E-state index in [-0.39, 0.29) is 4.21 Å². The van der Waals surface area contributed by atoms with Gasteiger partial charge in [0.05, 0.1) is 6.61 Å². The highest BCUT2D eigenvalue weighted by atomic mass is 32.2. The van der Waals surface area contributed by atoms with Gasteiger partial charge < -0.3 is 4.74 Å². The molecule has 0 radical (unpaired) electrons. The lowest BCUT2D eigenvalue weighted by Crippen LogP contribution is -1.98. The average Bonchev–Trinajstić information content (AvgIpc) is 3.01. The highest BCUT2D eigenvalue weighted by molar-refractivity contribution is 7.92. The second-order valence-electron chi connectivity index (χ2n) is 4.42. The summed E-state index contributed by atoms with van der Waals surface area (Å²) >= 11 is 1.16. The second-order valence-corrected chi connectivity index (χ2v) is 7.22. The summed E-state index contributed by atoms with van der Waals surface area (Å²) in [5.41, 5.74) is 0.698. The van der Waals surface area contributed by atoms with Gasteiger partial charge in [-0.3, -0.25) is 0 Å². The summed E-state index contributed by atoms with van der Waals surface area (Å²) < 4.78 is 33.4. The molecular formula is C15H17NO3S2. The maximum absolute atomic E-state index is 11.9. The third-order valence-electron chi connectivity index (χ3n) is 2.71. The van der Waals surface area contributed by atoms with Crippen LogP contribution in [0.2, 0.25) is 0 Å². The quantitative estimate of drug-likeness (QED) is 0.576. The van der Waals surface area contributed by atoms with E-state index in [1.165, 1.54) is 6.21 Å². The van der Waals surface area contributed by atoms with Gasteiger partial charge in [-0.1, -0.05) is 31.5 Å². The van der Waals surface area contributed by atoms with Crippen LogP contribution >= 0.6 is 11.3 Å². The number of benzene rings is 1. The molecule has 0 spiro atoms. The van der Waals surface area contributed by atoms with Crippen LogP contribution in [0.25, 0.3) is 0 Å². The highest BCUT2D eigenvalue weighted by Crippen LogP contribution is 2.19. The van der Waals surface area contributed by atoms with Crippen molar-refractivity contribution in [1.29, 1.82) is 0 Å². The monoisotopic (exact) mass is 323 g/mol. The summed E-state index contributed by atoms with van der Waals surface area (Å²) in [6.07, 6.45) is 3.41. The number of unbranched alkanes of at least 4 members (excludes halogenated alkanes) is 1. The third-order valence-corrected chi connectivity index (χ3v) is 5.32. The summed E-state index contributed by atoms with van der Waals surface area (Å²) in [5, 5.41) is 1.71. The first-order chi connectivity index (χ1) is 10.1. The Bertz CT molecular complexity index is 691. The minimum Gasteiger partial charge on any atom is -0.494 e. The molecule has 112 valence electrons. The molecule has 6 heteroatoms. The van der Waals surface area contributed by atoms with Gasteiger partial charge in [-0.25, -0.2) is 0 Å². The van der Waals surface area contributed by atoms with E-state index in [1.807, 2.05) is 12.1 Å². The van der Waals surface area contributed by atoms with Crippen LogP contribution in [-0.2, 0) is 10.0 Å². The van der Waals surface area contributed by atoms with Gasteiger partial charge in [0.2, 0.25) is 0 Å². The number of thiophene rings is 1. The van der Waals surface area contributed by atoms with Crippen LogP contribution in [0.3, 0.4) is 0 Å². The molecule has 2 rings (SSSR count). The molecule has 0 saturated heterocycles. The molecule has 4 nitrogen and oxygen atoms in total. The first-order valence-electron chi connectivity index (χ1n) is 6.68. The molecule has 0 amide bonds. The summed E-state index contributed by atoms with van der Waals surface area (Å²) in [6, 6.07) is 10.5. The molecule has 1 aromatic heterocycles. The van der Waals surface area contributed by atoms with E-state index < -0.39 is 10.0 Å². The molecule has 1 heterocycles. The Morgan fingerprint density at radius 2 is 2.14 bits per heavy atom. The molecule has 0 atom stereocenters. The van der Waals surface area contributed by atoms with Crippen molar-refractivity contribution in [2.75, 3.05) is 6.61 Å². The number of nitrogens with zero attached hydrogens (tertiary/aromatic N) is 1. The van der Waals surface area contributed by atoms with Crippen molar-refractivity contribution in [3.05, 3.63) is 47.3 Å². The van der Waals surface area contributed by atoms with Gasteiger partial charge in [-0.2, -0.15) is 12.8 Å². The first-order valence-corrected chi connectivity index (χ1v) is 9.00. The van der Waals surface area contributed by atoms with Crippen LogP contribution < -0.4 is 4.74 Å². The zero-order valence-electron chi connectivity index (χ0n) is 11.7. The molecule has 21 heavy (non-hydrogen) atoms. The van der Waals surface area contributed by atoms with E-state index >= 15 is 0 Å². The number of hydrogen-bond acceptors (Lipinski definition) is 4. The fourth-order valence-corrected chi connectivity index (χ4v) is 3.46. The molecule has 0 saturated carbocycles.